The molecule has 0 bridgehead atoms. The molecule has 2 unspecified atom stereocenters. The number of aliphatic hydroxyl groups excluding tert-OH is 3. The zero-order valence-electron chi connectivity index (χ0n) is 14.7. The van der Waals surface area contributed by atoms with Crippen LogP contribution in [-0.2, 0) is 9.47 Å². The van der Waals surface area contributed by atoms with Crippen molar-refractivity contribution >= 4 is 0 Å². The maximum absolute atomic E-state index is 9.39. The molecule has 0 rings (SSSR count). The number of hydrogen-bond acceptors (Lipinski definition) is 6. The zero-order chi connectivity index (χ0) is 17.5. The van der Waals surface area contributed by atoms with Gasteiger partial charge >= 0.3 is 0 Å². The Labute approximate surface area is 140 Å². The average Bonchev–Trinajstić information content (AvgIpc) is 2.51. The lowest BCUT2D eigenvalue weighted by atomic mass is 10.1. The van der Waals surface area contributed by atoms with Gasteiger partial charge in [0.25, 0.3) is 0 Å². The number of rotatable bonds is 16. The SMILES string of the molecule is CCCCCCCCCCCOC(OC(CO)[C@H](C)O)C(O)O. The maximum Gasteiger partial charge on any atom is 0.209 e. The highest BCUT2D eigenvalue weighted by molar-refractivity contribution is 4.64. The molecular formula is C17H36O6. The van der Waals surface area contributed by atoms with Gasteiger partial charge in [0.05, 0.1) is 12.7 Å². The predicted octanol–water partition coefficient (Wildman–Crippen LogP) is 1.93. The first-order valence-corrected chi connectivity index (χ1v) is 8.95. The molecule has 140 valence electrons. The molecule has 4 N–H and O–H groups in total. The van der Waals surface area contributed by atoms with Crippen molar-refractivity contribution in [2.24, 2.45) is 0 Å². The highest BCUT2D eigenvalue weighted by Gasteiger charge is 2.25. The number of hydrogen-bond donors (Lipinski definition) is 4. The van der Waals surface area contributed by atoms with Gasteiger partial charge in [-0.05, 0) is 13.3 Å². The molecule has 0 aliphatic carbocycles. The molecule has 0 amide bonds. The smallest absolute Gasteiger partial charge is 0.209 e. The van der Waals surface area contributed by atoms with Crippen LogP contribution in [0.2, 0.25) is 0 Å². The second kappa shape index (κ2) is 15.3. The minimum absolute atomic E-state index is 0.357. The van der Waals surface area contributed by atoms with Crippen molar-refractivity contribution in [1.29, 1.82) is 0 Å². The van der Waals surface area contributed by atoms with E-state index in [1.165, 1.54) is 45.4 Å². The van der Waals surface area contributed by atoms with E-state index in [0.29, 0.717) is 6.61 Å². The van der Waals surface area contributed by atoms with Crippen LogP contribution in [0.3, 0.4) is 0 Å². The Bertz CT molecular complexity index is 247. The van der Waals surface area contributed by atoms with Crippen LogP contribution in [-0.4, -0.2) is 58.4 Å². The van der Waals surface area contributed by atoms with Crippen molar-refractivity contribution in [3.05, 3.63) is 0 Å². The molecule has 0 spiro atoms. The third-order valence-corrected chi connectivity index (χ3v) is 3.80. The molecule has 6 nitrogen and oxygen atoms in total. The highest BCUT2D eigenvalue weighted by atomic mass is 16.7. The van der Waals surface area contributed by atoms with Gasteiger partial charge in [-0.25, -0.2) is 0 Å². The van der Waals surface area contributed by atoms with Gasteiger partial charge in [0.15, 0.2) is 0 Å². The summed E-state index contributed by atoms with van der Waals surface area (Å²) < 4.78 is 10.5. The molecule has 0 heterocycles. The van der Waals surface area contributed by atoms with E-state index < -0.39 is 31.4 Å². The van der Waals surface area contributed by atoms with Gasteiger partial charge in [-0.1, -0.05) is 58.3 Å². The van der Waals surface area contributed by atoms with Crippen LogP contribution in [0.15, 0.2) is 0 Å². The summed E-state index contributed by atoms with van der Waals surface area (Å²) in [6, 6.07) is 0. The highest BCUT2D eigenvalue weighted by Crippen LogP contribution is 2.11. The summed E-state index contributed by atoms with van der Waals surface area (Å²) in [5.74, 6) is 0. The first kappa shape index (κ1) is 22.8. The third-order valence-electron chi connectivity index (χ3n) is 3.80. The van der Waals surface area contributed by atoms with Crippen molar-refractivity contribution < 1.29 is 29.9 Å². The summed E-state index contributed by atoms with van der Waals surface area (Å²) in [4.78, 5) is 0. The Hall–Kier alpha value is -0.240. The first-order chi connectivity index (χ1) is 11.0. The van der Waals surface area contributed by atoms with Crippen LogP contribution in [0.1, 0.15) is 71.6 Å². The molecule has 0 aliphatic rings. The zero-order valence-corrected chi connectivity index (χ0v) is 14.7. The van der Waals surface area contributed by atoms with Crippen LogP contribution >= 0.6 is 0 Å². The van der Waals surface area contributed by atoms with E-state index in [9.17, 15) is 15.3 Å². The van der Waals surface area contributed by atoms with E-state index >= 15 is 0 Å². The summed E-state index contributed by atoms with van der Waals surface area (Å²) in [7, 11) is 0. The fourth-order valence-electron chi connectivity index (χ4n) is 2.29. The summed E-state index contributed by atoms with van der Waals surface area (Å²) >= 11 is 0. The van der Waals surface area contributed by atoms with Crippen molar-refractivity contribution in [2.75, 3.05) is 13.2 Å². The van der Waals surface area contributed by atoms with E-state index in [4.69, 9.17) is 14.6 Å². The number of aliphatic hydroxyl groups is 4. The van der Waals surface area contributed by atoms with Crippen LogP contribution in [0.25, 0.3) is 0 Å². The molecule has 0 fully saturated rings. The van der Waals surface area contributed by atoms with Crippen LogP contribution in [0.4, 0.5) is 0 Å². The first-order valence-electron chi connectivity index (χ1n) is 8.95. The van der Waals surface area contributed by atoms with E-state index in [-0.39, 0.29) is 0 Å². The van der Waals surface area contributed by atoms with E-state index in [2.05, 4.69) is 6.92 Å². The molecule has 23 heavy (non-hydrogen) atoms. The Morgan fingerprint density at radius 2 is 1.35 bits per heavy atom. The summed E-state index contributed by atoms with van der Waals surface area (Å²) in [6.45, 7) is 3.62. The maximum atomic E-state index is 9.39. The third kappa shape index (κ3) is 12.8. The van der Waals surface area contributed by atoms with Crippen molar-refractivity contribution in [3.8, 4) is 0 Å². The second-order valence-corrected chi connectivity index (χ2v) is 6.08. The van der Waals surface area contributed by atoms with Gasteiger partial charge in [0.1, 0.15) is 6.10 Å². The minimum atomic E-state index is -1.80. The quantitative estimate of drug-likeness (QED) is 0.254. The lowest BCUT2D eigenvalue weighted by Crippen LogP contribution is -2.41. The molecule has 0 aromatic heterocycles. The van der Waals surface area contributed by atoms with Crippen LogP contribution in [0, 0.1) is 0 Å². The van der Waals surface area contributed by atoms with Gasteiger partial charge in [-0.3, -0.25) is 0 Å². The van der Waals surface area contributed by atoms with Gasteiger partial charge < -0.3 is 29.9 Å². The molecule has 0 radical (unpaired) electrons. The molecule has 0 saturated heterocycles. The summed E-state index contributed by atoms with van der Waals surface area (Å²) in [5, 5.41) is 36.9. The van der Waals surface area contributed by atoms with E-state index in [1.807, 2.05) is 0 Å². The average molecular weight is 336 g/mol. The minimum Gasteiger partial charge on any atom is -0.394 e. The van der Waals surface area contributed by atoms with Gasteiger partial charge in [-0.15, -0.1) is 0 Å². The Morgan fingerprint density at radius 3 is 1.78 bits per heavy atom. The van der Waals surface area contributed by atoms with Gasteiger partial charge in [-0.2, -0.15) is 0 Å². The fraction of sp³-hybridized carbons (Fsp3) is 1.00. The summed E-state index contributed by atoms with van der Waals surface area (Å²) in [5.41, 5.74) is 0. The Balaban J connectivity index is 3.69. The van der Waals surface area contributed by atoms with Gasteiger partial charge in [0, 0.05) is 6.61 Å². The molecule has 6 heteroatoms. The summed E-state index contributed by atoms with van der Waals surface area (Å²) in [6.07, 6.45) is 5.83. The lowest BCUT2D eigenvalue weighted by molar-refractivity contribution is -0.280. The van der Waals surface area contributed by atoms with Crippen LogP contribution in [0.5, 0.6) is 0 Å². The van der Waals surface area contributed by atoms with E-state index in [1.54, 1.807) is 0 Å². The second-order valence-electron chi connectivity index (χ2n) is 6.08. The standard InChI is InChI=1S/C17H36O6/c1-3-4-5-6-7-8-9-10-11-12-22-17(16(20)21)23-15(13-18)14(2)19/h14-21H,3-13H2,1-2H3/t14-,15?,17?/m0/s1. The number of ether oxygens (including phenoxy) is 2. The van der Waals surface area contributed by atoms with Crippen molar-refractivity contribution in [3.63, 3.8) is 0 Å². The fourth-order valence-corrected chi connectivity index (χ4v) is 2.29. The molecule has 0 aromatic rings. The molecular weight excluding hydrogens is 300 g/mol. The topological polar surface area (TPSA) is 99.4 Å². The molecule has 3 atom stereocenters. The molecule has 0 aliphatic heterocycles. The Kier molecular flexibility index (Phi) is 15.1. The lowest BCUT2D eigenvalue weighted by Gasteiger charge is -2.26. The molecule has 0 saturated carbocycles. The monoisotopic (exact) mass is 336 g/mol. The van der Waals surface area contributed by atoms with E-state index in [0.717, 1.165) is 19.3 Å². The van der Waals surface area contributed by atoms with Crippen LogP contribution < -0.4 is 0 Å². The van der Waals surface area contributed by atoms with Gasteiger partial charge in [0.2, 0.25) is 12.6 Å². The largest absolute Gasteiger partial charge is 0.394 e. The van der Waals surface area contributed by atoms with Crippen molar-refractivity contribution in [2.45, 2.75) is 96.4 Å². The normalized spacial score (nSPS) is 15.8. The molecule has 0 aromatic carbocycles. The Morgan fingerprint density at radius 1 is 0.826 bits per heavy atom. The predicted molar refractivity (Wildman–Crippen MR) is 88.8 cm³/mol. The van der Waals surface area contributed by atoms with Crippen molar-refractivity contribution in [1.82, 2.24) is 0 Å². The number of unbranched alkanes of at least 4 members (excludes halogenated alkanes) is 8.